The molecule has 0 radical (unpaired) electrons. The Labute approximate surface area is 201 Å². The molecule has 0 aliphatic carbocycles. The Bertz CT molecular complexity index is 1280. The number of hydrogen-bond donors (Lipinski definition) is 1. The van der Waals surface area contributed by atoms with Gasteiger partial charge in [0.05, 0.1) is 41.3 Å². The Morgan fingerprint density at radius 1 is 1.03 bits per heavy atom. The summed E-state index contributed by atoms with van der Waals surface area (Å²) in [6.07, 6.45) is -1.21. The van der Waals surface area contributed by atoms with Gasteiger partial charge < -0.3 is 14.6 Å². The van der Waals surface area contributed by atoms with E-state index < -0.39 is 71.8 Å². The maximum absolute atomic E-state index is 15.3. The van der Waals surface area contributed by atoms with Crippen molar-refractivity contribution in [3.8, 4) is 5.75 Å². The van der Waals surface area contributed by atoms with Crippen molar-refractivity contribution in [1.82, 2.24) is 0 Å². The van der Waals surface area contributed by atoms with Crippen molar-refractivity contribution in [2.24, 2.45) is 5.92 Å². The summed E-state index contributed by atoms with van der Waals surface area (Å²) in [6, 6.07) is 7.10. The van der Waals surface area contributed by atoms with Gasteiger partial charge in [-0.25, -0.2) is 25.6 Å². The summed E-state index contributed by atoms with van der Waals surface area (Å²) < 4.78 is 91.9. The van der Waals surface area contributed by atoms with Crippen molar-refractivity contribution < 1.29 is 40.2 Å². The quantitative estimate of drug-likeness (QED) is 0.580. The maximum atomic E-state index is 15.3. The number of rotatable bonds is 7. The Morgan fingerprint density at radius 2 is 1.71 bits per heavy atom. The van der Waals surface area contributed by atoms with Crippen LogP contribution in [-0.2, 0) is 29.2 Å². The van der Waals surface area contributed by atoms with Crippen molar-refractivity contribution in [1.29, 1.82) is 0 Å². The number of ether oxygens (including phenoxy) is 2. The van der Waals surface area contributed by atoms with Gasteiger partial charge in [-0.05, 0) is 49.2 Å². The van der Waals surface area contributed by atoms with E-state index in [4.69, 9.17) is 26.2 Å². The lowest BCUT2D eigenvalue weighted by molar-refractivity contribution is -0.0732. The minimum Gasteiger partial charge on any atom is -0.490 e. The van der Waals surface area contributed by atoms with Gasteiger partial charge in [0.25, 0.3) is 0 Å². The monoisotopic (exact) mass is 536 g/mol. The lowest BCUT2D eigenvalue weighted by Gasteiger charge is -2.50. The van der Waals surface area contributed by atoms with Crippen LogP contribution >= 0.6 is 11.6 Å². The summed E-state index contributed by atoms with van der Waals surface area (Å²) in [6.45, 7) is -0.985. The zero-order valence-electron chi connectivity index (χ0n) is 17.9. The molecule has 1 saturated heterocycles. The minimum absolute atomic E-state index is 0.0967. The van der Waals surface area contributed by atoms with Crippen molar-refractivity contribution in [3.05, 3.63) is 58.6 Å². The van der Waals surface area contributed by atoms with E-state index in [1.165, 1.54) is 24.3 Å². The zero-order valence-corrected chi connectivity index (χ0v) is 20.3. The summed E-state index contributed by atoms with van der Waals surface area (Å²) in [5.41, 5.74) is -0.412. The van der Waals surface area contributed by atoms with Gasteiger partial charge in [-0.2, -0.15) is 0 Å². The molecule has 0 saturated carbocycles. The summed E-state index contributed by atoms with van der Waals surface area (Å²) in [5.74, 6) is -4.14. The van der Waals surface area contributed by atoms with E-state index in [0.29, 0.717) is 5.02 Å². The third kappa shape index (κ3) is 4.21. The van der Waals surface area contributed by atoms with Gasteiger partial charge in [0.15, 0.2) is 31.2 Å². The van der Waals surface area contributed by atoms with Crippen LogP contribution in [0.5, 0.6) is 5.75 Å². The molecular formula is C22H23ClF2O7S2. The van der Waals surface area contributed by atoms with E-state index in [2.05, 4.69) is 0 Å². The van der Waals surface area contributed by atoms with Gasteiger partial charge in [0.1, 0.15) is 10.6 Å². The van der Waals surface area contributed by atoms with Gasteiger partial charge >= 0.3 is 0 Å². The average molecular weight is 537 g/mol. The van der Waals surface area contributed by atoms with Crippen LogP contribution < -0.4 is 4.74 Å². The highest BCUT2D eigenvalue weighted by molar-refractivity contribution is 7.92. The van der Waals surface area contributed by atoms with E-state index in [0.717, 1.165) is 12.1 Å². The molecule has 0 bridgehead atoms. The van der Waals surface area contributed by atoms with Crippen LogP contribution in [0.25, 0.3) is 0 Å². The fourth-order valence-electron chi connectivity index (χ4n) is 4.87. The number of benzene rings is 2. The van der Waals surface area contributed by atoms with Gasteiger partial charge in [0.2, 0.25) is 0 Å². The molecule has 2 aromatic carbocycles. The largest absolute Gasteiger partial charge is 0.490 e. The molecule has 34 heavy (non-hydrogen) atoms. The second-order valence-electron chi connectivity index (χ2n) is 8.32. The second kappa shape index (κ2) is 9.34. The molecular weight excluding hydrogens is 514 g/mol. The van der Waals surface area contributed by atoms with E-state index >= 15 is 4.39 Å². The van der Waals surface area contributed by atoms with Gasteiger partial charge in [-0.15, -0.1) is 0 Å². The van der Waals surface area contributed by atoms with Crippen LogP contribution in [0.1, 0.15) is 18.4 Å². The highest BCUT2D eigenvalue weighted by Gasteiger charge is 2.61. The Balaban J connectivity index is 1.88. The first-order valence-corrected chi connectivity index (χ1v) is 14.3. The van der Waals surface area contributed by atoms with Crippen LogP contribution in [-0.4, -0.2) is 59.4 Å². The van der Waals surface area contributed by atoms with E-state index in [1.807, 2.05) is 0 Å². The average Bonchev–Trinajstić information content (AvgIpc) is 2.79. The molecule has 1 N–H and O–H groups in total. The van der Waals surface area contributed by atoms with Crippen LogP contribution in [0.2, 0.25) is 5.02 Å². The fraction of sp³-hybridized carbons (Fsp3) is 0.455. The number of aliphatic hydroxyl groups is 1. The highest BCUT2D eigenvalue weighted by Crippen LogP contribution is 2.55. The molecule has 0 amide bonds. The molecule has 4 rings (SSSR count). The topological polar surface area (TPSA) is 107 Å². The van der Waals surface area contributed by atoms with Crippen LogP contribution in [0.4, 0.5) is 8.78 Å². The van der Waals surface area contributed by atoms with Gasteiger partial charge in [-0.3, -0.25) is 0 Å². The predicted octanol–water partition coefficient (Wildman–Crippen LogP) is 2.88. The SMILES string of the molecule is O=S(=O)(CCO)CC[C@@H]1OCC[C@@]2(S(=O)(=O)c3ccc(Cl)cc3)c3c(F)ccc(F)c3OCC12. The van der Waals surface area contributed by atoms with Crippen molar-refractivity contribution in [2.75, 3.05) is 31.3 Å². The summed E-state index contributed by atoms with van der Waals surface area (Å²) >= 11 is 5.92. The minimum atomic E-state index is -4.36. The first kappa shape index (κ1) is 25.3. The molecule has 2 aliphatic rings. The molecule has 2 aliphatic heterocycles. The molecule has 2 heterocycles. The number of hydrogen-bond acceptors (Lipinski definition) is 7. The Kier molecular flexibility index (Phi) is 6.96. The molecule has 7 nitrogen and oxygen atoms in total. The summed E-state index contributed by atoms with van der Waals surface area (Å²) in [4.78, 5) is -0.132. The normalized spacial score (nSPS) is 24.7. The summed E-state index contributed by atoms with van der Waals surface area (Å²) in [7, 11) is -7.99. The molecule has 0 aromatic heterocycles. The first-order chi connectivity index (χ1) is 16.0. The fourth-order valence-corrected chi connectivity index (χ4v) is 8.42. The van der Waals surface area contributed by atoms with Gasteiger partial charge in [-0.1, -0.05) is 11.6 Å². The van der Waals surface area contributed by atoms with Crippen LogP contribution in [0.15, 0.2) is 41.3 Å². The number of fused-ring (bicyclic) bond motifs is 3. The Hall–Kier alpha value is -1.79. The molecule has 1 unspecified atom stereocenters. The van der Waals surface area contributed by atoms with Gasteiger partial charge in [0, 0.05) is 17.5 Å². The van der Waals surface area contributed by atoms with Crippen molar-refractivity contribution in [2.45, 2.75) is 28.6 Å². The molecule has 3 atom stereocenters. The van der Waals surface area contributed by atoms with E-state index in [9.17, 15) is 21.2 Å². The van der Waals surface area contributed by atoms with Crippen LogP contribution in [0, 0.1) is 17.6 Å². The zero-order chi connectivity index (χ0) is 24.7. The van der Waals surface area contributed by atoms with Crippen molar-refractivity contribution >= 4 is 31.3 Å². The summed E-state index contributed by atoms with van der Waals surface area (Å²) in [5, 5.41) is 9.29. The third-order valence-corrected chi connectivity index (χ3v) is 10.9. The third-order valence-electron chi connectivity index (χ3n) is 6.46. The highest BCUT2D eigenvalue weighted by atomic mass is 35.5. The smallest absolute Gasteiger partial charge is 0.189 e. The number of sulfone groups is 2. The van der Waals surface area contributed by atoms with E-state index in [1.54, 1.807) is 0 Å². The molecule has 12 heteroatoms. The molecule has 0 spiro atoms. The number of halogens is 3. The lowest BCUT2D eigenvalue weighted by atomic mass is 9.75. The molecule has 186 valence electrons. The molecule has 1 fully saturated rings. The lowest BCUT2D eigenvalue weighted by Crippen LogP contribution is -2.57. The first-order valence-electron chi connectivity index (χ1n) is 10.6. The van der Waals surface area contributed by atoms with E-state index in [-0.39, 0.29) is 36.7 Å². The Morgan fingerprint density at radius 3 is 2.38 bits per heavy atom. The maximum Gasteiger partial charge on any atom is 0.189 e. The standard InChI is InChI=1S/C22H23ClF2O7S2/c23-14-1-3-15(4-2-14)34(29,30)22-8-10-31-19(7-11-33(27,28)12-9-26)16(22)13-32-21-18(25)6-5-17(24)20(21)22/h1-6,16,19,26H,7-13H2/t16?,19-,22-/m0/s1. The van der Waals surface area contributed by atoms with Crippen LogP contribution in [0.3, 0.4) is 0 Å². The predicted molar refractivity (Wildman–Crippen MR) is 120 cm³/mol. The second-order valence-corrected chi connectivity index (χ2v) is 13.3. The number of aliphatic hydroxyl groups excluding tert-OH is 1. The van der Waals surface area contributed by atoms with Crippen molar-refractivity contribution in [3.63, 3.8) is 0 Å². The molecule has 2 aromatic rings.